The number of rotatable bonds is 4. The van der Waals surface area contributed by atoms with E-state index >= 15 is 0 Å². The smallest absolute Gasteiger partial charge is 0.255 e. The maximum absolute atomic E-state index is 12.3. The van der Waals surface area contributed by atoms with E-state index in [-0.39, 0.29) is 5.91 Å². The molecule has 0 unspecified atom stereocenters. The van der Waals surface area contributed by atoms with Gasteiger partial charge in [-0.15, -0.1) is 11.3 Å². The second-order valence-corrected chi connectivity index (χ2v) is 8.00. The van der Waals surface area contributed by atoms with Gasteiger partial charge < -0.3 is 10.2 Å². The highest BCUT2D eigenvalue weighted by molar-refractivity contribution is 9.10. The number of nitrogens with one attached hydrogen (secondary N) is 1. The molecule has 6 heteroatoms. The summed E-state index contributed by atoms with van der Waals surface area (Å²) in [7, 11) is 0. The normalized spacial score (nSPS) is 13.8. The van der Waals surface area contributed by atoms with E-state index in [4.69, 9.17) is 4.98 Å². The van der Waals surface area contributed by atoms with Crippen molar-refractivity contribution in [3.05, 3.63) is 63.9 Å². The molecule has 1 N–H and O–H groups in total. The molecule has 26 heavy (non-hydrogen) atoms. The van der Waals surface area contributed by atoms with Gasteiger partial charge in [-0.05, 0) is 49.2 Å². The van der Waals surface area contributed by atoms with E-state index in [9.17, 15) is 4.79 Å². The van der Waals surface area contributed by atoms with Crippen molar-refractivity contribution in [3.63, 3.8) is 0 Å². The van der Waals surface area contributed by atoms with Crippen molar-refractivity contribution in [2.45, 2.75) is 12.8 Å². The summed E-state index contributed by atoms with van der Waals surface area (Å²) in [5.41, 5.74) is 3.46. The predicted molar refractivity (Wildman–Crippen MR) is 111 cm³/mol. The molecule has 1 aliphatic heterocycles. The van der Waals surface area contributed by atoms with Crippen LogP contribution in [0.5, 0.6) is 0 Å². The Kier molecular flexibility index (Phi) is 5.04. The van der Waals surface area contributed by atoms with Crippen molar-refractivity contribution in [2.24, 2.45) is 0 Å². The number of anilines is 2. The lowest BCUT2D eigenvalue weighted by Gasteiger charge is -2.12. The van der Waals surface area contributed by atoms with Crippen LogP contribution in [0.15, 0.2) is 58.4 Å². The first kappa shape index (κ1) is 17.2. The van der Waals surface area contributed by atoms with Crippen molar-refractivity contribution >= 4 is 44.0 Å². The summed E-state index contributed by atoms with van der Waals surface area (Å²) in [6.07, 6.45) is 2.50. The molecule has 0 bridgehead atoms. The van der Waals surface area contributed by atoms with E-state index in [1.807, 2.05) is 36.4 Å². The largest absolute Gasteiger partial charge is 0.348 e. The molecule has 2 aromatic carbocycles. The van der Waals surface area contributed by atoms with Crippen molar-refractivity contribution in [2.75, 3.05) is 23.3 Å². The molecule has 0 atom stereocenters. The van der Waals surface area contributed by atoms with Crippen LogP contribution in [0.3, 0.4) is 0 Å². The van der Waals surface area contributed by atoms with Gasteiger partial charge in [-0.1, -0.05) is 28.1 Å². The third-order valence-corrected chi connectivity index (χ3v) is 5.84. The first-order chi connectivity index (χ1) is 12.7. The number of halogens is 1. The first-order valence-electron chi connectivity index (χ1n) is 8.57. The number of carbonyl (C=O) groups excluding carboxylic acids is 1. The van der Waals surface area contributed by atoms with Gasteiger partial charge >= 0.3 is 0 Å². The number of nitrogens with zero attached hydrogens (tertiary/aromatic N) is 2. The Morgan fingerprint density at radius 1 is 1.04 bits per heavy atom. The topological polar surface area (TPSA) is 45.2 Å². The highest BCUT2D eigenvalue weighted by Gasteiger charge is 2.16. The highest BCUT2D eigenvalue weighted by Crippen LogP contribution is 2.30. The summed E-state index contributed by atoms with van der Waals surface area (Å²) in [6.45, 7) is 2.21. The summed E-state index contributed by atoms with van der Waals surface area (Å²) in [4.78, 5) is 19.4. The molecule has 0 spiro atoms. The third kappa shape index (κ3) is 3.81. The van der Waals surface area contributed by atoms with Crippen molar-refractivity contribution in [1.29, 1.82) is 0 Å². The van der Waals surface area contributed by atoms with Crippen LogP contribution in [0.1, 0.15) is 23.2 Å². The minimum atomic E-state index is -0.116. The average molecular weight is 428 g/mol. The molecule has 2 heterocycles. The van der Waals surface area contributed by atoms with Crippen LogP contribution >= 0.6 is 27.3 Å². The van der Waals surface area contributed by atoms with E-state index in [0.717, 1.165) is 39.6 Å². The Labute approximate surface area is 165 Å². The number of benzene rings is 2. The quantitative estimate of drug-likeness (QED) is 0.603. The number of hydrogen-bond donors (Lipinski definition) is 1. The maximum atomic E-state index is 12.3. The Morgan fingerprint density at radius 2 is 1.73 bits per heavy atom. The SMILES string of the molecule is O=C(Nc1ccc(-c2csc(N3CCCC3)n2)cc1)c1ccc(Br)cc1. The molecule has 1 aromatic heterocycles. The fraction of sp³-hybridized carbons (Fsp3) is 0.200. The molecule has 0 saturated carbocycles. The fourth-order valence-electron chi connectivity index (χ4n) is 2.98. The van der Waals surface area contributed by atoms with E-state index < -0.39 is 0 Å². The van der Waals surface area contributed by atoms with Crippen LogP contribution in [-0.2, 0) is 0 Å². The molecule has 1 fully saturated rings. The number of aromatic nitrogens is 1. The van der Waals surface area contributed by atoms with Crippen LogP contribution in [-0.4, -0.2) is 24.0 Å². The molecule has 4 rings (SSSR count). The van der Waals surface area contributed by atoms with Gasteiger partial charge in [0.1, 0.15) is 0 Å². The van der Waals surface area contributed by atoms with E-state index in [1.54, 1.807) is 23.5 Å². The van der Waals surface area contributed by atoms with E-state index in [0.29, 0.717) is 5.56 Å². The standard InChI is InChI=1S/C20H18BrN3OS/c21-16-7-3-15(4-8-16)19(25)22-17-9-5-14(6-10-17)18-13-26-20(23-18)24-11-1-2-12-24/h3-10,13H,1-2,11-12H2,(H,22,25). The lowest BCUT2D eigenvalue weighted by atomic mass is 10.1. The lowest BCUT2D eigenvalue weighted by molar-refractivity contribution is 0.102. The molecule has 3 aromatic rings. The Morgan fingerprint density at radius 3 is 2.42 bits per heavy atom. The van der Waals surface area contributed by atoms with Gasteiger partial charge in [-0.2, -0.15) is 0 Å². The van der Waals surface area contributed by atoms with Crippen LogP contribution in [0.25, 0.3) is 11.3 Å². The molecule has 1 aliphatic rings. The number of hydrogen-bond acceptors (Lipinski definition) is 4. The van der Waals surface area contributed by atoms with Crippen molar-refractivity contribution < 1.29 is 4.79 Å². The summed E-state index contributed by atoms with van der Waals surface area (Å²) < 4.78 is 0.954. The van der Waals surface area contributed by atoms with Crippen LogP contribution in [0.4, 0.5) is 10.8 Å². The summed E-state index contributed by atoms with van der Waals surface area (Å²) >= 11 is 5.07. The van der Waals surface area contributed by atoms with Gasteiger partial charge in [0.05, 0.1) is 5.69 Å². The van der Waals surface area contributed by atoms with Gasteiger partial charge in [0.25, 0.3) is 5.91 Å². The van der Waals surface area contributed by atoms with Gasteiger partial charge in [0.2, 0.25) is 0 Å². The van der Waals surface area contributed by atoms with Gasteiger partial charge in [0.15, 0.2) is 5.13 Å². The summed E-state index contributed by atoms with van der Waals surface area (Å²) in [6, 6.07) is 15.1. The van der Waals surface area contributed by atoms with E-state index in [1.165, 1.54) is 12.8 Å². The molecule has 1 amide bonds. The molecule has 4 nitrogen and oxygen atoms in total. The zero-order valence-corrected chi connectivity index (χ0v) is 16.5. The molecular weight excluding hydrogens is 410 g/mol. The van der Waals surface area contributed by atoms with Crippen LogP contribution in [0, 0.1) is 0 Å². The second kappa shape index (κ2) is 7.60. The number of carbonyl (C=O) groups is 1. The molecular formula is C20H18BrN3OS. The van der Waals surface area contributed by atoms with Crippen molar-refractivity contribution in [1.82, 2.24) is 4.98 Å². The third-order valence-electron chi connectivity index (χ3n) is 4.41. The predicted octanol–water partition coefficient (Wildman–Crippen LogP) is 5.43. The zero-order chi connectivity index (χ0) is 17.9. The first-order valence-corrected chi connectivity index (χ1v) is 10.2. The van der Waals surface area contributed by atoms with Gasteiger partial charge in [-0.25, -0.2) is 4.98 Å². The molecule has 0 aliphatic carbocycles. The maximum Gasteiger partial charge on any atom is 0.255 e. The Balaban J connectivity index is 1.45. The molecule has 0 radical (unpaired) electrons. The van der Waals surface area contributed by atoms with Gasteiger partial charge in [-0.3, -0.25) is 4.79 Å². The van der Waals surface area contributed by atoms with Crippen LogP contribution in [0.2, 0.25) is 0 Å². The van der Waals surface area contributed by atoms with Crippen LogP contribution < -0.4 is 10.2 Å². The fourth-order valence-corrected chi connectivity index (χ4v) is 4.13. The lowest BCUT2D eigenvalue weighted by Crippen LogP contribution is -2.17. The minimum Gasteiger partial charge on any atom is -0.348 e. The zero-order valence-electron chi connectivity index (χ0n) is 14.1. The second-order valence-electron chi connectivity index (χ2n) is 6.25. The van der Waals surface area contributed by atoms with Gasteiger partial charge in [0, 0.05) is 39.8 Å². The monoisotopic (exact) mass is 427 g/mol. The summed E-state index contributed by atoms with van der Waals surface area (Å²) in [5.74, 6) is -0.116. The summed E-state index contributed by atoms with van der Waals surface area (Å²) in [5, 5.41) is 6.13. The van der Waals surface area contributed by atoms with Crippen molar-refractivity contribution in [3.8, 4) is 11.3 Å². The molecule has 1 saturated heterocycles. The Bertz CT molecular complexity index is 900. The number of thiazole rings is 1. The number of amides is 1. The Hall–Kier alpha value is -2.18. The molecule has 132 valence electrons. The average Bonchev–Trinajstić information content (AvgIpc) is 3.34. The van der Waals surface area contributed by atoms with E-state index in [2.05, 4.69) is 31.5 Å². The minimum absolute atomic E-state index is 0.116. The highest BCUT2D eigenvalue weighted by atomic mass is 79.9.